The van der Waals surface area contributed by atoms with Crippen LogP contribution >= 0.6 is 0 Å². The van der Waals surface area contributed by atoms with Crippen molar-refractivity contribution < 1.29 is 24.2 Å². The van der Waals surface area contributed by atoms with E-state index in [1.54, 1.807) is 51.2 Å². The second-order valence-electron chi connectivity index (χ2n) is 10.3. The van der Waals surface area contributed by atoms with E-state index in [2.05, 4.69) is 20.3 Å². The first-order valence-corrected chi connectivity index (χ1v) is 13.3. The van der Waals surface area contributed by atoms with E-state index in [4.69, 9.17) is 9.47 Å². The molecular formula is C32H32N4O5. The SMILES string of the molecule is CC(=O)NCc1c(Oc2cccc(-c3ncc(C(C)(O)c4cccc(OC(=O)C(C)C)c4)[nH]3)c2)ccc2[nH]ccc12. The van der Waals surface area contributed by atoms with Crippen LogP contribution in [0.5, 0.6) is 17.2 Å². The molecule has 2 aromatic heterocycles. The third-order valence-electron chi connectivity index (χ3n) is 6.84. The first-order valence-electron chi connectivity index (χ1n) is 13.3. The number of carbonyl (C=O) groups is 2. The third kappa shape index (κ3) is 6.00. The molecule has 210 valence electrons. The summed E-state index contributed by atoms with van der Waals surface area (Å²) in [7, 11) is 0. The van der Waals surface area contributed by atoms with Crippen LogP contribution in [-0.4, -0.2) is 31.9 Å². The number of ether oxygens (including phenoxy) is 2. The van der Waals surface area contributed by atoms with Crippen LogP contribution in [0.25, 0.3) is 22.3 Å². The van der Waals surface area contributed by atoms with E-state index in [1.807, 2.05) is 48.7 Å². The van der Waals surface area contributed by atoms with Gasteiger partial charge in [-0.3, -0.25) is 9.59 Å². The summed E-state index contributed by atoms with van der Waals surface area (Å²) < 4.78 is 11.7. The van der Waals surface area contributed by atoms with Gasteiger partial charge in [-0.05, 0) is 55.0 Å². The van der Waals surface area contributed by atoms with E-state index in [-0.39, 0.29) is 17.8 Å². The van der Waals surface area contributed by atoms with Gasteiger partial charge < -0.3 is 29.9 Å². The van der Waals surface area contributed by atoms with Gasteiger partial charge in [0.1, 0.15) is 28.7 Å². The van der Waals surface area contributed by atoms with Crippen molar-refractivity contribution in [2.24, 2.45) is 5.92 Å². The molecule has 9 nitrogen and oxygen atoms in total. The van der Waals surface area contributed by atoms with Crippen molar-refractivity contribution in [2.45, 2.75) is 39.8 Å². The van der Waals surface area contributed by atoms with E-state index in [0.717, 1.165) is 22.0 Å². The van der Waals surface area contributed by atoms with Crippen molar-refractivity contribution in [3.05, 3.63) is 95.9 Å². The number of aliphatic hydroxyl groups is 1. The van der Waals surface area contributed by atoms with Gasteiger partial charge in [0, 0.05) is 41.7 Å². The van der Waals surface area contributed by atoms with Crippen molar-refractivity contribution in [1.82, 2.24) is 20.3 Å². The molecule has 0 aliphatic heterocycles. The Bertz CT molecular complexity index is 1720. The molecule has 9 heteroatoms. The van der Waals surface area contributed by atoms with Gasteiger partial charge in [-0.2, -0.15) is 0 Å². The molecule has 1 amide bonds. The number of carbonyl (C=O) groups excluding carboxylic acids is 2. The average molecular weight is 553 g/mol. The Balaban J connectivity index is 1.39. The van der Waals surface area contributed by atoms with E-state index < -0.39 is 5.60 Å². The van der Waals surface area contributed by atoms with Crippen molar-refractivity contribution in [3.63, 3.8) is 0 Å². The summed E-state index contributed by atoms with van der Waals surface area (Å²) in [6.45, 7) is 6.99. The Morgan fingerprint density at radius 2 is 1.83 bits per heavy atom. The number of aromatic amines is 2. The fourth-order valence-electron chi connectivity index (χ4n) is 4.47. The molecule has 5 rings (SSSR count). The molecular weight excluding hydrogens is 520 g/mol. The molecule has 0 saturated heterocycles. The Morgan fingerprint density at radius 3 is 2.61 bits per heavy atom. The monoisotopic (exact) mass is 552 g/mol. The predicted octanol–water partition coefficient (Wildman–Crippen LogP) is 5.80. The van der Waals surface area contributed by atoms with Crippen LogP contribution < -0.4 is 14.8 Å². The number of esters is 1. The Hall–Kier alpha value is -4.89. The maximum atomic E-state index is 12.0. The predicted molar refractivity (Wildman–Crippen MR) is 156 cm³/mol. The number of nitrogens with one attached hydrogen (secondary N) is 3. The van der Waals surface area contributed by atoms with Gasteiger partial charge in [0.15, 0.2) is 0 Å². The standard InChI is InChI=1S/C32H32N4O5/c1-19(2)31(38)41-24-10-6-8-22(16-24)32(4,39)29-18-35-30(36-29)21-7-5-9-23(15-21)40-28-12-11-27-25(13-14-33-27)26(28)17-34-20(3)37/h5-16,18-19,33,39H,17H2,1-4H3,(H,34,37)(H,35,36). The van der Waals surface area contributed by atoms with Crippen molar-refractivity contribution in [2.75, 3.05) is 0 Å². The molecule has 3 aromatic carbocycles. The summed E-state index contributed by atoms with van der Waals surface area (Å²) in [5.74, 6) is 1.39. The van der Waals surface area contributed by atoms with Crippen molar-refractivity contribution in [3.8, 4) is 28.6 Å². The van der Waals surface area contributed by atoms with E-state index in [1.165, 1.54) is 6.92 Å². The number of fused-ring (bicyclic) bond motifs is 1. The highest BCUT2D eigenvalue weighted by atomic mass is 16.5. The second-order valence-corrected chi connectivity index (χ2v) is 10.3. The number of H-pyrrole nitrogens is 2. The number of benzene rings is 3. The third-order valence-corrected chi connectivity index (χ3v) is 6.84. The highest BCUT2D eigenvalue weighted by Gasteiger charge is 2.29. The summed E-state index contributed by atoms with van der Waals surface area (Å²) in [5, 5.41) is 15.3. The number of rotatable bonds is 9. The Labute approximate surface area is 237 Å². The van der Waals surface area contributed by atoms with Crippen LogP contribution in [0.3, 0.4) is 0 Å². The zero-order valence-electron chi connectivity index (χ0n) is 23.3. The van der Waals surface area contributed by atoms with Crippen molar-refractivity contribution >= 4 is 22.8 Å². The lowest BCUT2D eigenvalue weighted by atomic mass is 9.93. The van der Waals surface area contributed by atoms with Gasteiger partial charge in [0.05, 0.1) is 17.8 Å². The van der Waals surface area contributed by atoms with Crippen LogP contribution in [0.1, 0.15) is 44.5 Å². The molecule has 4 N–H and O–H groups in total. The lowest BCUT2D eigenvalue weighted by Gasteiger charge is -2.23. The van der Waals surface area contributed by atoms with Gasteiger partial charge in [0.25, 0.3) is 0 Å². The summed E-state index contributed by atoms with van der Waals surface area (Å²) >= 11 is 0. The van der Waals surface area contributed by atoms with Crippen LogP contribution in [0.4, 0.5) is 0 Å². The zero-order valence-corrected chi connectivity index (χ0v) is 23.3. The molecule has 5 aromatic rings. The lowest BCUT2D eigenvalue weighted by Crippen LogP contribution is -2.23. The fraction of sp³-hybridized carbons (Fsp3) is 0.219. The molecule has 41 heavy (non-hydrogen) atoms. The van der Waals surface area contributed by atoms with Gasteiger partial charge >= 0.3 is 5.97 Å². The molecule has 0 spiro atoms. The average Bonchev–Trinajstić information content (AvgIpc) is 3.63. The van der Waals surface area contributed by atoms with Gasteiger partial charge in [-0.25, -0.2) is 4.98 Å². The van der Waals surface area contributed by atoms with Crippen LogP contribution in [0, 0.1) is 5.92 Å². The fourth-order valence-corrected chi connectivity index (χ4v) is 4.47. The minimum absolute atomic E-state index is 0.127. The highest BCUT2D eigenvalue weighted by molar-refractivity contribution is 5.86. The summed E-state index contributed by atoms with van der Waals surface area (Å²) in [5.41, 5.74) is 2.17. The minimum Gasteiger partial charge on any atom is -0.457 e. The number of nitrogens with zero attached hydrogens (tertiary/aromatic N) is 1. The summed E-state index contributed by atoms with van der Waals surface area (Å²) in [6, 6.07) is 20.0. The first-order chi connectivity index (χ1) is 19.6. The van der Waals surface area contributed by atoms with Gasteiger partial charge in [-0.15, -0.1) is 0 Å². The number of aromatic nitrogens is 3. The van der Waals surface area contributed by atoms with E-state index in [0.29, 0.717) is 40.9 Å². The second kappa shape index (κ2) is 11.3. The molecule has 0 saturated carbocycles. The van der Waals surface area contributed by atoms with Crippen LogP contribution in [-0.2, 0) is 21.7 Å². The normalized spacial score (nSPS) is 12.7. The van der Waals surface area contributed by atoms with Crippen LogP contribution in [0.15, 0.2) is 79.1 Å². The maximum absolute atomic E-state index is 12.0. The molecule has 1 unspecified atom stereocenters. The molecule has 0 aliphatic carbocycles. The van der Waals surface area contributed by atoms with E-state index >= 15 is 0 Å². The number of hydrogen-bond acceptors (Lipinski definition) is 6. The van der Waals surface area contributed by atoms with E-state index in [9.17, 15) is 14.7 Å². The summed E-state index contributed by atoms with van der Waals surface area (Å²) in [4.78, 5) is 34.6. The molecule has 0 radical (unpaired) electrons. The summed E-state index contributed by atoms with van der Waals surface area (Å²) in [6.07, 6.45) is 3.44. The minimum atomic E-state index is -1.43. The number of hydrogen-bond donors (Lipinski definition) is 4. The smallest absolute Gasteiger partial charge is 0.313 e. The van der Waals surface area contributed by atoms with Crippen LogP contribution in [0.2, 0.25) is 0 Å². The highest BCUT2D eigenvalue weighted by Crippen LogP contribution is 2.34. The zero-order chi connectivity index (χ0) is 29.1. The largest absolute Gasteiger partial charge is 0.457 e. The number of imidazole rings is 1. The quantitative estimate of drug-likeness (QED) is 0.135. The van der Waals surface area contributed by atoms with Gasteiger partial charge in [-0.1, -0.05) is 38.1 Å². The molecule has 0 bridgehead atoms. The molecule has 0 aliphatic rings. The first kappa shape index (κ1) is 27.7. The van der Waals surface area contributed by atoms with Gasteiger partial charge in [0.2, 0.25) is 5.91 Å². The topological polar surface area (TPSA) is 129 Å². The number of amides is 1. The molecule has 0 fully saturated rings. The molecule has 1 atom stereocenters. The van der Waals surface area contributed by atoms with Crippen molar-refractivity contribution in [1.29, 1.82) is 0 Å². The Morgan fingerprint density at radius 1 is 1.05 bits per heavy atom. The maximum Gasteiger partial charge on any atom is 0.313 e. The lowest BCUT2D eigenvalue weighted by molar-refractivity contribution is -0.137. The Kier molecular flexibility index (Phi) is 7.63. The molecule has 2 heterocycles.